The molecule has 2 heterocycles. The fourth-order valence-corrected chi connectivity index (χ4v) is 10.3. The number of rotatable bonds is 6. The number of hydrogen-bond acceptors (Lipinski definition) is 1. The van der Waals surface area contributed by atoms with Crippen molar-refractivity contribution < 1.29 is 65.9 Å². The lowest BCUT2D eigenvalue weighted by atomic mass is 9.93. The Morgan fingerprint density at radius 3 is 1.14 bits per heavy atom. The molecule has 0 atom stereocenters. The number of benzene rings is 9. The number of nitriles is 1. The zero-order chi connectivity index (χ0) is 56.3. The van der Waals surface area contributed by atoms with Crippen LogP contribution in [0.5, 0.6) is 0 Å². The van der Waals surface area contributed by atoms with Crippen molar-refractivity contribution in [1.29, 1.82) is 5.26 Å². The SMILES string of the molecule is Cc1cc(-c2ccc3c(c2)c2ccccc2n3-c2ccc(-c3cc(C(F)(F)F)cc(C(F)(F)F)c3)cc2-c2ccc(C#N)cc2-n2c3ccccc3c3cc(-c4cc(C(F)(F)F)cc(C(F)(F)F)c4)ccc32)cc(C(F)(F)F)c1. The van der Waals surface area contributed by atoms with Gasteiger partial charge >= 0.3 is 30.9 Å². The first-order valence-corrected chi connectivity index (χ1v) is 23.7. The molecule has 0 aliphatic heterocycles. The first-order valence-electron chi connectivity index (χ1n) is 23.7. The average Bonchev–Trinajstić information content (AvgIpc) is 3.89. The Morgan fingerprint density at radius 1 is 0.316 bits per heavy atom. The van der Waals surface area contributed by atoms with Gasteiger partial charge in [0.2, 0.25) is 0 Å². The van der Waals surface area contributed by atoms with E-state index in [9.17, 15) is 71.1 Å². The molecule has 396 valence electrons. The van der Waals surface area contributed by atoms with Crippen LogP contribution >= 0.6 is 0 Å². The summed E-state index contributed by atoms with van der Waals surface area (Å²) in [7, 11) is 0. The Labute approximate surface area is 437 Å². The van der Waals surface area contributed by atoms with Gasteiger partial charge in [-0.25, -0.2) is 0 Å². The second kappa shape index (κ2) is 18.3. The lowest BCUT2D eigenvalue weighted by Crippen LogP contribution is -2.11. The van der Waals surface area contributed by atoms with Crippen LogP contribution in [0.15, 0.2) is 176 Å². The fourth-order valence-electron chi connectivity index (χ4n) is 10.3. The molecule has 3 nitrogen and oxygen atoms in total. The third-order valence-corrected chi connectivity index (χ3v) is 13.8. The number of halogens is 15. The Bertz CT molecular complexity index is 4260. The predicted octanol–water partition coefficient (Wildman–Crippen LogP) is 19.8. The number of aryl methyl sites for hydroxylation is 1. The molecule has 2 aromatic heterocycles. The Morgan fingerprint density at radius 2 is 0.696 bits per heavy atom. The van der Waals surface area contributed by atoms with E-state index in [1.54, 1.807) is 81.9 Å². The summed E-state index contributed by atoms with van der Waals surface area (Å²) in [5.41, 5.74) is -4.38. The lowest BCUT2D eigenvalue weighted by Gasteiger charge is -2.21. The standard InChI is InChI=1S/C61H32F15N3/c1-32-18-37(21-40(19-32)57(62,63)64)34-11-15-53-48(26-34)45-6-2-4-8-51(45)78(53)54-16-12-36(39-24-43(60(71,72)73)30-44(25-39)61(74,75)76)28-50(54)47-14-10-33(31-77)20-56(47)79-52-9-5-3-7-46(52)49-27-35(13-17-55(49)79)38-22-41(58(65,66)67)29-42(23-38)59(68,69)70/h2-30H,1H3. The van der Waals surface area contributed by atoms with Gasteiger partial charge in [-0.15, -0.1) is 0 Å². The molecule has 0 unspecified atom stereocenters. The third-order valence-electron chi connectivity index (χ3n) is 13.8. The van der Waals surface area contributed by atoms with Crippen LogP contribution in [0, 0.1) is 18.3 Å². The second-order valence-corrected chi connectivity index (χ2v) is 18.9. The summed E-state index contributed by atoms with van der Waals surface area (Å²) < 4.78 is 217. The molecule has 18 heteroatoms. The highest BCUT2D eigenvalue weighted by molar-refractivity contribution is 6.13. The van der Waals surface area contributed by atoms with Gasteiger partial charge in [-0.2, -0.15) is 71.1 Å². The van der Waals surface area contributed by atoms with Crippen LogP contribution in [-0.4, -0.2) is 9.13 Å². The van der Waals surface area contributed by atoms with Crippen LogP contribution in [0.3, 0.4) is 0 Å². The van der Waals surface area contributed by atoms with Gasteiger partial charge in [0.05, 0.1) is 72.9 Å². The van der Waals surface area contributed by atoms with E-state index in [2.05, 4.69) is 6.07 Å². The number of fused-ring (bicyclic) bond motifs is 6. The molecule has 0 aliphatic carbocycles. The molecule has 0 saturated carbocycles. The average molecular weight is 1090 g/mol. The third kappa shape index (κ3) is 9.46. The van der Waals surface area contributed by atoms with Crippen LogP contribution in [0.1, 0.15) is 38.9 Å². The van der Waals surface area contributed by atoms with Crippen LogP contribution in [0.2, 0.25) is 0 Å². The van der Waals surface area contributed by atoms with E-state index < -0.39 is 69.8 Å². The molecule has 0 spiro atoms. The summed E-state index contributed by atoms with van der Waals surface area (Å²) in [6.45, 7) is 1.53. The minimum absolute atomic E-state index is 0.000477. The lowest BCUT2D eigenvalue weighted by molar-refractivity contribution is -0.144. The van der Waals surface area contributed by atoms with E-state index in [0.717, 1.165) is 12.1 Å². The molecule has 0 N–H and O–H groups in total. The summed E-state index contributed by atoms with van der Waals surface area (Å²) in [5, 5.41) is 12.3. The van der Waals surface area contributed by atoms with Gasteiger partial charge in [0.15, 0.2) is 0 Å². The molecule has 11 rings (SSSR count). The highest BCUT2D eigenvalue weighted by Gasteiger charge is 2.39. The normalized spacial score (nSPS) is 12.8. The maximum absolute atomic E-state index is 14.4. The van der Waals surface area contributed by atoms with E-state index in [1.165, 1.54) is 61.5 Å². The summed E-state index contributed by atoms with van der Waals surface area (Å²) >= 11 is 0. The van der Waals surface area contributed by atoms with Crippen LogP contribution in [-0.2, 0) is 30.9 Å². The van der Waals surface area contributed by atoms with Crippen molar-refractivity contribution in [2.24, 2.45) is 0 Å². The van der Waals surface area contributed by atoms with Gasteiger partial charge in [0, 0.05) is 32.7 Å². The van der Waals surface area contributed by atoms with Gasteiger partial charge in [0.25, 0.3) is 0 Å². The van der Waals surface area contributed by atoms with Gasteiger partial charge in [-0.1, -0.05) is 66.7 Å². The molecule has 0 amide bonds. The number of alkyl halides is 15. The first-order chi connectivity index (χ1) is 37.1. The molecular formula is C61H32F15N3. The summed E-state index contributed by atoms with van der Waals surface area (Å²) in [6.07, 6.45) is -25.4. The molecular weight excluding hydrogens is 1060 g/mol. The minimum atomic E-state index is -5.22. The van der Waals surface area contributed by atoms with Gasteiger partial charge in [0.1, 0.15) is 0 Å². The monoisotopic (exact) mass is 1090 g/mol. The van der Waals surface area contributed by atoms with Crippen LogP contribution in [0.4, 0.5) is 65.9 Å². The summed E-state index contributed by atoms with van der Waals surface area (Å²) in [4.78, 5) is 0. The van der Waals surface area contributed by atoms with Crippen molar-refractivity contribution in [2.45, 2.75) is 37.8 Å². The topological polar surface area (TPSA) is 33.6 Å². The number of nitrogens with zero attached hydrogens (tertiary/aromatic N) is 3. The zero-order valence-corrected chi connectivity index (χ0v) is 40.3. The van der Waals surface area contributed by atoms with E-state index >= 15 is 0 Å². The van der Waals surface area contributed by atoms with Crippen molar-refractivity contribution in [3.63, 3.8) is 0 Å². The molecule has 0 saturated heterocycles. The Kier molecular flexibility index (Phi) is 12.1. The van der Waals surface area contributed by atoms with Gasteiger partial charge < -0.3 is 9.13 Å². The predicted molar refractivity (Wildman–Crippen MR) is 271 cm³/mol. The molecule has 0 radical (unpaired) electrons. The number of para-hydroxylation sites is 2. The van der Waals surface area contributed by atoms with Crippen molar-refractivity contribution in [3.8, 4) is 62.0 Å². The van der Waals surface area contributed by atoms with E-state index in [4.69, 9.17) is 0 Å². The van der Waals surface area contributed by atoms with Crippen molar-refractivity contribution in [2.75, 3.05) is 0 Å². The van der Waals surface area contributed by atoms with E-state index in [1.807, 2.05) is 0 Å². The van der Waals surface area contributed by atoms with E-state index in [0.29, 0.717) is 84.7 Å². The first kappa shape index (κ1) is 52.1. The molecule has 11 aromatic rings. The number of aromatic nitrogens is 2. The summed E-state index contributed by atoms with van der Waals surface area (Å²) in [6, 6.07) is 39.6. The molecule has 0 bridgehead atoms. The molecule has 0 aliphatic rings. The quantitative estimate of drug-likeness (QED) is 0.153. The van der Waals surface area contributed by atoms with Crippen LogP contribution < -0.4 is 0 Å². The molecule has 79 heavy (non-hydrogen) atoms. The minimum Gasteiger partial charge on any atom is -0.309 e. The van der Waals surface area contributed by atoms with Crippen molar-refractivity contribution in [1.82, 2.24) is 9.13 Å². The fraction of sp³-hybridized carbons (Fsp3) is 0.0984. The Balaban J connectivity index is 1.20. The second-order valence-electron chi connectivity index (χ2n) is 18.9. The van der Waals surface area contributed by atoms with Crippen LogP contribution in [0.25, 0.3) is 99.5 Å². The maximum atomic E-state index is 14.4. The van der Waals surface area contributed by atoms with E-state index in [-0.39, 0.29) is 51.2 Å². The van der Waals surface area contributed by atoms with Crippen molar-refractivity contribution >= 4 is 43.6 Å². The highest BCUT2D eigenvalue weighted by Crippen LogP contribution is 2.47. The van der Waals surface area contributed by atoms with Gasteiger partial charge in [-0.05, 0) is 155 Å². The number of hydrogen-bond donors (Lipinski definition) is 0. The molecule has 0 fully saturated rings. The largest absolute Gasteiger partial charge is 0.416 e. The summed E-state index contributed by atoms with van der Waals surface area (Å²) in [5.74, 6) is 0. The molecule has 9 aromatic carbocycles. The zero-order valence-electron chi connectivity index (χ0n) is 40.3. The van der Waals surface area contributed by atoms with Gasteiger partial charge in [-0.3, -0.25) is 0 Å². The smallest absolute Gasteiger partial charge is 0.309 e. The highest BCUT2D eigenvalue weighted by atomic mass is 19.4. The van der Waals surface area contributed by atoms with Crippen molar-refractivity contribution in [3.05, 3.63) is 215 Å². The Hall–Kier alpha value is -8.98. The maximum Gasteiger partial charge on any atom is 0.416 e.